The standard InChI is InChI=1S/C22H22FN3O/c1-16-24-12-13-26(16)20-9-8-17(14-19(20)23)15-25-21(27)22(10-5-11-22)18-6-3-2-4-7-18/h2-4,6-9,12-14H,5,10-11,15H2,1H3,(H,25,27). The fraction of sp³-hybridized carbons (Fsp3) is 0.273. The first-order valence-electron chi connectivity index (χ1n) is 9.23. The second-order valence-corrected chi connectivity index (χ2v) is 7.11. The van der Waals surface area contributed by atoms with Gasteiger partial charge in [0.25, 0.3) is 0 Å². The van der Waals surface area contributed by atoms with E-state index in [2.05, 4.69) is 10.3 Å². The van der Waals surface area contributed by atoms with E-state index >= 15 is 0 Å². The second-order valence-electron chi connectivity index (χ2n) is 7.11. The molecule has 138 valence electrons. The van der Waals surface area contributed by atoms with Gasteiger partial charge in [-0.1, -0.05) is 42.8 Å². The van der Waals surface area contributed by atoms with Crippen molar-refractivity contribution >= 4 is 5.91 Å². The van der Waals surface area contributed by atoms with Gasteiger partial charge in [0, 0.05) is 18.9 Å². The summed E-state index contributed by atoms with van der Waals surface area (Å²) in [6.45, 7) is 2.14. The van der Waals surface area contributed by atoms with Crippen molar-refractivity contribution < 1.29 is 9.18 Å². The van der Waals surface area contributed by atoms with Crippen LogP contribution in [0, 0.1) is 12.7 Å². The van der Waals surface area contributed by atoms with E-state index in [0.29, 0.717) is 12.2 Å². The number of benzene rings is 2. The van der Waals surface area contributed by atoms with Crippen molar-refractivity contribution in [2.45, 2.75) is 38.1 Å². The Labute approximate surface area is 158 Å². The van der Waals surface area contributed by atoms with Gasteiger partial charge in [-0.25, -0.2) is 9.37 Å². The molecule has 27 heavy (non-hydrogen) atoms. The Balaban J connectivity index is 1.48. The number of nitrogens with one attached hydrogen (secondary N) is 1. The first-order valence-corrected chi connectivity index (χ1v) is 9.23. The Kier molecular flexibility index (Phi) is 4.52. The lowest BCUT2D eigenvalue weighted by atomic mass is 9.64. The van der Waals surface area contributed by atoms with E-state index in [4.69, 9.17) is 0 Å². The fourth-order valence-electron chi connectivity index (χ4n) is 3.77. The van der Waals surface area contributed by atoms with Crippen LogP contribution in [0.3, 0.4) is 0 Å². The number of rotatable bonds is 5. The molecule has 0 unspecified atom stereocenters. The van der Waals surface area contributed by atoms with Gasteiger partial charge in [0.1, 0.15) is 11.6 Å². The van der Waals surface area contributed by atoms with Crippen LogP contribution in [0.5, 0.6) is 0 Å². The van der Waals surface area contributed by atoms with E-state index in [0.717, 1.165) is 36.2 Å². The molecule has 5 heteroatoms. The Bertz CT molecular complexity index is 961. The third-order valence-electron chi connectivity index (χ3n) is 5.52. The number of aromatic nitrogens is 2. The van der Waals surface area contributed by atoms with Crippen LogP contribution >= 0.6 is 0 Å². The van der Waals surface area contributed by atoms with Crippen LogP contribution in [0.25, 0.3) is 5.69 Å². The van der Waals surface area contributed by atoms with Crippen molar-refractivity contribution in [3.8, 4) is 5.69 Å². The van der Waals surface area contributed by atoms with Gasteiger partial charge in [0.15, 0.2) is 0 Å². The van der Waals surface area contributed by atoms with Gasteiger partial charge in [-0.3, -0.25) is 4.79 Å². The van der Waals surface area contributed by atoms with E-state index in [9.17, 15) is 9.18 Å². The van der Waals surface area contributed by atoms with Gasteiger partial charge in [0.2, 0.25) is 5.91 Å². The minimum atomic E-state index is -0.437. The Hall–Kier alpha value is -2.95. The van der Waals surface area contributed by atoms with Gasteiger partial charge in [-0.15, -0.1) is 0 Å². The molecule has 1 aliphatic carbocycles. The molecule has 1 aromatic heterocycles. The molecular formula is C22H22FN3O. The van der Waals surface area contributed by atoms with E-state index < -0.39 is 5.41 Å². The average Bonchev–Trinajstić information content (AvgIpc) is 3.06. The number of halogens is 1. The molecule has 2 aromatic carbocycles. The molecule has 0 radical (unpaired) electrons. The van der Waals surface area contributed by atoms with Crippen LogP contribution in [-0.2, 0) is 16.8 Å². The predicted molar refractivity (Wildman–Crippen MR) is 102 cm³/mol. The Morgan fingerprint density at radius 1 is 1.22 bits per heavy atom. The summed E-state index contributed by atoms with van der Waals surface area (Å²) in [6.07, 6.45) is 6.14. The quantitative estimate of drug-likeness (QED) is 0.743. The van der Waals surface area contributed by atoms with Gasteiger partial charge < -0.3 is 9.88 Å². The van der Waals surface area contributed by atoms with Crippen molar-refractivity contribution in [3.63, 3.8) is 0 Å². The summed E-state index contributed by atoms with van der Waals surface area (Å²) in [5, 5.41) is 3.01. The molecule has 0 saturated heterocycles. The minimum absolute atomic E-state index is 0.0230. The SMILES string of the molecule is Cc1nccn1-c1ccc(CNC(=O)C2(c3ccccc3)CCC2)cc1F. The zero-order valence-electron chi connectivity index (χ0n) is 15.3. The molecule has 1 amide bonds. The van der Waals surface area contributed by atoms with Gasteiger partial charge >= 0.3 is 0 Å². The zero-order chi connectivity index (χ0) is 18.9. The highest BCUT2D eigenvalue weighted by molar-refractivity contribution is 5.89. The van der Waals surface area contributed by atoms with Crippen LogP contribution < -0.4 is 5.32 Å². The third-order valence-corrected chi connectivity index (χ3v) is 5.52. The minimum Gasteiger partial charge on any atom is -0.351 e. The molecule has 1 fully saturated rings. The number of nitrogens with zero attached hydrogens (tertiary/aromatic N) is 2. The average molecular weight is 363 g/mol. The van der Waals surface area contributed by atoms with Crippen molar-refractivity contribution in [2.75, 3.05) is 0 Å². The predicted octanol–water partition coefficient (Wildman–Crippen LogP) is 4.06. The van der Waals surface area contributed by atoms with Crippen LogP contribution in [0.4, 0.5) is 4.39 Å². The van der Waals surface area contributed by atoms with Crippen molar-refractivity contribution in [1.29, 1.82) is 0 Å². The van der Waals surface area contributed by atoms with E-state index in [1.807, 2.05) is 43.3 Å². The maximum atomic E-state index is 14.5. The maximum Gasteiger partial charge on any atom is 0.230 e. The zero-order valence-corrected chi connectivity index (χ0v) is 15.3. The smallest absolute Gasteiger partial charge is 0.230 e. The molecule has 1 aliphatic rings. The first kappa shape index (κ1) is 17.5. The molecule has 0 bridgehead atoms. The monoisotopic (exact) mass is 363 g/mol. The highest BCUT2D eigenvalue weighted by Gasteiger charge is 2.45. The Morgan fingerprint density at radius 2 is 2.00 bits per heavy atom. The molecule has 0 atom stereocenters. The molecule has 0 aliphatic heterocycles. The largest absolute Gasteiger partial charge is 0.351 e. The van der Waals surface area contributed by atoms with Crippen molar-refractivity contribution in [3.05, 3.63) is 83.7 Å². The number of hydrogen-bond donors (Lipinski definition) is 1. The molecule has 1 N–H and O–H groups in total. The first-order chi connectivity index (χ1) is 13.1. The summed E-state index contributed by atoms with van der Waals surface area (Å²) < 4.78 is 16.2. The summed E-state index contributed by atoms with van der Waals surface area (Å²) in [5.74, 6) is 0.420. The lowest BCUT2D eigenvalue weighted by Crippen LogP contribution is -2.48. The summed E-state index contributed by atoms with van der Waals surface area (Å²) in [6, 6.07) is 15.0. The van der Waals surface area contributed by atoms with Crippen molar-refractivity contribution in [2.24, 2.45) is 0 Å². The highest BCUT2D eigenvalue weighted by atomic mass is 19.1. The maximum absolute atomic E-state index is 14.5. The molecule has 4 rings (SSSR count). The summed E-state index contributed by atoms with van der Waals surface area (Å²) in [5.41, 5.74) is 1.82. The molecular weight excluding hydrogens is 341 g/mol. The molecule has 0 spiro atoms. The number of amides is 1. The van der Waals surface area contributed by atoms with Crippen LogP contribution in [0.15, 0.2) is 60.9 Å². The van der Waals surface area contributed by atoms with Crippen molar-refractivity contribution in [1.82, 2.24) is 14.9 Å². The summed E-state index contributed by atoms with van der Waals surface area (Å²) in [4.78, 5) is 17.0. The lowest BCUT2D eigenvalue weighted by Gasteiger charge is -2.40. The fourth-order valence-corrected chi connectivity index (χ4v) is 3.77. The topological polar surface area (TPSA) is 46.9 Å². The number of hydrogen-bond acceptors (Lipinski definition) is 2. The molecule has 1 heterocycles. The number of aryl methyl sites for hydroxylation is 1. The normalized spacial score (nSPS) is 15.2. The third kappa shape index (κ3) is 3.14. The molecule has 1 saturated carbocycles. The number of imidazole rings is 1. The molecule has 4 nitrogen and oxygen atoms in total. The van der Waals surface area contributed by atoms with Crippen LogP contribution in [0.2, 0.25) is 0 Å². The van der Waals surface area contributed by atoms with Gasteiger partial charge in [-0.2, -0.15) is 0 Å². The van der Waals surface area contributed by atoms with E-state index in [1.54, 1.807) is 23.0 Å². The highest BCUT2D eigenvalue weighted by Crippen LogP contribution is 2.43. The number of carbonyl (C=O) groups is 1. The van der Waals surface area contributed by atoms with Crippen LogP contribution in [-0.4, -0.2) is 15.5 Å². The second kappa shape index (κ2) is 6.99. The Morgan fingerprint density at radius 3 is 2.59 bits per heavy atom. The van der Waals surface area contributed by atoms with E-state index in [-0.39, 0.29) is 11.7 Å². The molecule has 3 aromatic rings. The number of carbonyl (C=O) groups excluding carboxylic acids is 1. The summed E-state index contributed by atoms with van der Waals surface area (Å²) >= 11 is 0. The van der Waals surface area contributed by atoms with Gasteiger partial charge in [0.05, 0.1) is 11.1 Å². The van der Waals surface area contributed by atoms with E-state index in [1.165, 1.54) is 6.07 Å². The van der Waals surface area contributed by atoms with Gasteiger partial charge in [-0.05, 0) is 43.0 Å². The summed E-state index contributed by atoms with van der Waals surface area (Å²) in [7, 11) is 0. The lowest BCUT2D eigenvalue weighted by molar-refractivity contribution is -0.130. The van der Waals surface area contributed by atoms with Crippen LogP contribution in [0.1, 0.15) is 36.2 Å².